The SMILES string of the molecule is COc1cc(C)c(Cl)cc1C1(CO)CC1(C)C. The molecule has 94 valence electrons. The van der Waals surface area contributed by atoms with Crippen LogP contribution >= 0.6 is 11.6 Å². The Balaban J connectivity index is 2.56. The molecule has 0 amide bonds. The summed E-state index contributed by atoms with van der Waals surface area (Å²) in [5, 5.41) is 10.5. The van der Waals surface area contributed by atoms with E-state index in [1.807, 2.05) is 19.1 Å². The van der Waals surface area contributed by atoms with E-state index in [9.17, 15) is 5.11 Å². The quantitative estimate of drug-likeness (QED) is 0.897. The molecule has 0 saturated heterocycles. The topological polar surface area (TPSA) is 29.5 Å². The van der Waals surface area contributed by atoms with Gasteiger partial charge in [0.1, 0.15) is 5.75 Å². The van der Waals surface area contributed by atoms with Crippen molar-refractivity contribution in [1.29, 1.82) is 0 Å². The second-order valence-electron chi connectivity index (χ2n) is 5.60. The summed E-state index contributed by atoms with van der Waals surface area (Å²) in [6.45, 7) is 6.42. The molecule has 1 atom stereocenters. The smallest absolute Gasteiger partial charge is 0.123 e. The Morgan fingerprint density at radius 2 is 2.00 bits per heavy atom. The summed E-state index contributed by atoms with van der Waals surface area (Å²) >= 11 is 6.19. The van der Waals surface area contributed by atoms with Crippen molar-refractivity contribution >= 4 is 11.6 Å². The van der Waals surface area contributed by atoms with Crippen LogP contribution in [0, 0.1) is 12.3 Å². The predicted octanol–water partition coefficient (Wildman–Crippen LogP) is 3.32. The zero-order valence-electron chi connectivity index (χ0n) is 10.8. The normalized spacial score (nSPS) is 25.8. The first-order valence-corrected chi connectivity index (χ1v) is 6.21. The lowest BCUT2D eigenvalue weighted by atomic mass is 9.87. The van der Waals surface area contributed by atoms with Crippen LogP contribution in [0.5, 0.6) is 5.75 Å². The molecular formula is C14H19ClO2. The Bertz CT molecular complexity index is 454. The molecule has 3 heteroatoms. The number of rotatable bonds is 3. The van der Waals surface area contributed by atoms with E-state index < -0.39 is 0 Å². The van der Waals surface area contributed by atoms with Gasteiger partial charge < -0.3 is 9.84 Å². The van der Waals surface area contributed by atoms with Crippen molar-refractivity contribution in [2.75, 3.05) is 13.7 Å². The number of aliphatic hydroxyl groups excluding tert-OH is 1. The summed E-state index contributed by atoms with van der Waals surface area (Å²) in [6, 6.07) is 3.89. The van der Waals surface area contributed by atoms with Crippen LogP contribution in [0.15, 0.2) is 12.1 Å². The van der Waals surface area contributed by atoms with E-state index in [2.05, 4.69) is 13.8 Å². The summed E-state index contributed by atoms with van der Waals surface area (Å²) in [7, 11) is 1.66. The fourth-order valence-electron chi connectivity index (χ4n) is 2.72. The number of halogens is 1. The molecule has 0 spiro atoms. The fourth-order valence-corrected chi connectivity index (χ4v) is 2.89. The van der Waals surface area contributed by atoms with Gasteiger partial charge in [0.15, 0.2) is 0 Å². The minimum absolute atomic E-state index is 0.105. The summed E-state index contributed by atoms with van der Waals surface area (Å²) < 4.78 is 5.43. The second kappa shape index (κ2) is 3.89. The monoisotopic (exact) mass is 254 g/mol. The van der Waals surface area contributed by atoms with Gasteiger partial charge in [-0.15, -0.1) is 0 Å². The number of hydrogen-bond acceptors (Lipinski definition) is 2. The first kappa shape index (κ1) is 12.7. The van der Waals surface area contributed by atoms with Crippen LogP contribution in [0.3, 0.4) is 0 Å². The highest BCUT2D eigenvalue weighted by atomic mass is 35.5. The van der Waals surface area contributed by atoms with E-state index in [-0.39, 0.29) is 17.4 Å². The summed E-state index contributed by atoms with van der Waals surface area (Å²) in [4.78, 5) is 0. The van der Waals surface area contributed by atoms with Crippen molar-refractivity contribution in [3.63, 3.8) is 0 Å². The van der Waals surface area contributed by atoms with E-state index in [0.29, 0.717) is 0 Å². The first-order chi connectivity index (χ1) is 7.88. The maximum absolute atomic E-state index is 9.73. The van der Waals surface area contributed by atoms with Gasteiger partial charge >= 0.3 is 0 Å². The lowest BCUT2D eigenvalue weighted by Gasteiger charge is -2.22. The Labute approximate surface area is 108 Å². The van der Waals surface area contributed by atoms with Crippen LogP contribution in [-0.4, -0.2) is 18.8 Å². The maximum atomic E-state index is 9.73. The maximum Gasteiger partial charge on any atom is 0.123 e. The number of methoxy groups -OCH3 is 1. The molecule has 0 bridgehead atoms. The summed E-state index contributed by atoms with van der Waals surface area (Å²) in [5.41, 5.74) is 1.94. The standard InChI is InChI=1S/C14H19ClO2/c1-9-5-12(17-4)10(6-11(9)15)14(8-16)7-13(14,2)3/h5-6,16H,7-8H2,1-4H3. The van der Waals surface area contributed by atoms with Crippen molar-refractivity contribution in [2.24, 2.45) is 5.41 Å². The molecular weight excluding hydrogens is 236 g/mol. The van der Waals surface area contributed by atoms with Gasteiger partial charge in [0, 0.05) is 16.0 Å². The lowest BCUT2D eigenvalue weighted by Crippen LogP contribution is -2.20. The highest BCUT2D eigenvalue weighted by molar-refractivity contribution is 6.31. The van der Waals surface area contributed by atoms with E-state index in [1.165, 1.54) is 0 Å². The van der Waals surface area contributed by atoms with Gasteiger partial charge in [-0.3, -0.25) is 0 Å². The zero-order valence-corrected chi connectivity index (χ0v) is 11.6. The summed E-state index contributed by atoms with van der Waals surface area (Å²) in [5.74, 6) is 0.825. The van der Waals surface area contributed by atoms with Crippen LogP contribution in [0.25, 0.3) is 0 Å². The Morgan fingerprint density at radius 3 is 2.41 bits per heavy atom. The minimum atomic E-state index is -0.199. The molecule has 1 aliphatic rings. The van der Waals surface area contributed by atoms with Crippen molar-refractivity contribution in [2.45, 2.75) is 32.6 Å². The van der Waals surface area contributed by atoms with Crippen molar-refractivity contribution in [3.8, 4) is 5.75 Å². The van der Waals surface area contributed by atoms with Gasteiger partial charge in [-0.05, 0) is 36.5 Å². The van der Waals surface area contributed by atoms with Gasteiger partial charge in [0.25, 0.3) is 0 Å². The number of hydrogen-bond donors (Lipinski definition) is 1. The molecule has 0 radical (unpaired) electrons. The highest BCUT2D eigenvalue weighted by Crippen LogP contribution is 2.65. The Hall–Kier alpha value is -0.730. The Morgan fingerprint density at radius 1 is 1.41 bits per heavy atom. The molecule has 17 heavy (non-hydrogen) atoms. The molecule has 1 aromatic carbocycles. The van der Waals surface area contributed by atoms with Crippen LogP contribution in [0.2, 0.25) is 5.02 Å². The molecule has 0 aromatic heterocycles. The summed E-state index contributed by atoms with van der Waals surface area (Å²) in [6.07, 6.45) is 0.965. The average molecular weight is 255 g/mol. The third kappa shape index (κ3) is 1.74. The van der Waals surface area contributed by atoms with E-state index >= 15 is 0 Å². The van der Waals surface area contributed by atoms with Crippen molar-refractivity contribution < 1.29 is 9.84 Å². The van der Waals surface area contributed by atoms with E-state index in [0.717, 1.165) is 28.3 Å². The zero-order chi connectivity index (χ0) is 12.8. The first-order valence-electron chi connectivity index (χ1n) is 5.83. The second-order valence-corrected chi connectivity index (χ2v) is 6.01. The Kier molecular flexibility index (Phi) is 2.91. The van der Waals surface area contributed by atoms with Crippen molar-refractivity contribution in [3.05, 3.63) is 28.3 Å². The van der Waals surface area contributed by atoms with Crippen LogP contribution in [-0.2, 0) is 5.41 Å². The predicted molar refractivity (Wildman–Crippen MR) is 69.9 cm³/mol. The van der Waals surface area contributed by atoms with Gasteiger partial charge in [-0.25, -0.2) is 0 Å². The molecule has 0 aliphatic heterocycles. The van der Waals surface area contributed by atoms with E-state index in [1.54, 1.807) is 7.11 Å². The van der Waals surface area contributed by atoms with Gasteiger partial charge in [-0.2, -0.15) is 0 Å². The third-order valence-corrected chi connectivity index (χ3v) is 4.59. The third-order valence-electron chi connectivity index (χ3n) is 4.18. The molecule has 1 aliphatic carbocycles. The highest BCUT2D eigenvalue weighted by Gasteiger charge is 2.62. The van der Waals surface area contributed by atoms with Crippen LogP contribution in [0.4, 0.5) is 0 Å². The molecule has 1 unspecified atom stereocenters. The van der Waals surface area contributed by atoms with Crippen LogP contribution < -0.4 is 4.74 Å². The average Bonchev–Trinajstić information content (AvgIpc) is 2.85. The molecule has 2 nitrogen and oxygen atoms in total. The number of benzene rings is 1. The number of aliphatic hydroxyl groups is 1. The largest absolute Gasteiger partial charge is 0.496 e. The van der Waals surface area contributed by atoms with Gasteiger partial charge in [-0.1, -0.05) is 25.4 Å². The number of ether oxygens (including phenoxy) is 1. The molecule has 0 heterocycles. The molecule has 1 aromatic rings. The minimum Gasteiger partial charge on any atom is -0.496 e. The van der Waals surface area contributed by atoms with Crippen LogP contribution in [0.1, 0.15) is 31.4 Å². The molecule has 1 N–H and O–H groups in total. The fraction of sp³-hybridized carbons (Fsp3) is 0.571. The molecule has 2 rings (SSSR count). The molecule has 1 fully saturated rings. The van der Waals surface area contributed by atoms with Crippen molar-refractivity contribution in [1.82, 2.24) is 0 Å². The van der Waals surface area contributed by atoms with Gasteiger partial charge in [0.2, 0.25) is 0 Å². The van der Waals surface area contributed by atoms with E-state index in [4.69, 9.17) is 16.3 Å². The van der Waals surface area contributed by atoms with Gasteiger partial charge in [0.05, 0.1) is 13.7 Å². The molecule has 1 saturated carbocycles. The lowest BCUT2D eigenvalue weighted by molar-refractivity contribution is 0.228. The number of aryl methyl sites for hydroxylation is 1.